The van der Waals surface area contributed by atoms with Crippen LogP contribution in [0.3, 0.4) is 0 Å². The van der Waals surface area contributed by atoms with Gasteiger partial charge in [0.25, 0.3) is 0 Å². The molecule has 0 saturated carbocycles. The van der Waals surface area contributed by atoms with Gasteiger partial charge in [-0.3, -0.25) is 19.3 Å². The van der Waals surface area contributed by atoms with Crippen molar-refractivity contribution < 1.29 is 19.5 Å². The number of carbonyl (C=O) groups is 3. The summed E-state index contributed by atoms with van der Waals surface area (Å²) in [5, 5.41) is 11.6. The fraction of sp³-hybridized carbons (Fsp3) is 0.357. The molecular formula is C14H16N2O4. The molecule has 20 heavy (non-hydrogen) atoms. The van der Waals surface area contributed by atoms with Gasteiger partial charge >= 0.3 is 0 Å². The second-order valence-electron chi connectivity index (χ2n) is 4.59. The molecule has 2 rings (SSSR count). The van der Waals surface area contributed by atoms with Crippen molar-refractivity contribution in [2.24, 2.45) is 0 Å². The zero-order valence-corrected chi connectivity index (χ0v) is 11.0. The molecule has 6 heteroatoms. The third-order valence-electron chi connectivity index (χ3n) is 3.14. The number of aliphatic hydroxyl groups excluding tert-OH is 1. The van der Waals surface area contributed by atoms with Crippen LogP contribution in [0, 0.1) is 0 Å². The molecule has 1 aromatic rings. The van der Waals surface area contributed by atoms with Crippen LogP contribution in [0.25, 0.3) is 0 Å². The molecule has 0 aromatic heterocycles. The zero-order valence-electron chi connectivity index (χ0n) is 11.0. The van der Waals surface area contributed by atoms with Crippen LogP contribution >= 0.6 is 0 Å². The summed E-state index contributed by atoms with van der Waals surface area (Å²) in [6.07, 6.45) is 0.561. The number of imide groups is 1. The Balaban J connectivity index is 1.83. The summed E-state index contributed by atoms with van der Waals surface area (Å²) in [5.74, 6) is -0.681. The monoisotopic (exact) mass is 276 g/mol. The number of rotatable bonds is 5. The van der Waals surface area contributed by atoms with E-state index >= 15 is 0 Å². The lowest BCUT2D eigenvalue weighted by Gasteiger charge is -2.13. The molecule has 0 radical (unpaired) electrons. The minimum absolute atomic E-state index is 0.0482. The minimum atomic E-state index is -0.255. The third-order valence-corrected chi connectivity index (χ3v) is 3.14. The van der Waals surface area contributed by atoms with Crippen molar-refractivity contribution in [1.29, 1.82) is 0 Å². The van der Waals surface area contributed by atoms with Crippen LogP contribution in [0.5, 0.6) is 0 Å². The molecule has 1 heterocycles. The van der Waals surface area contributed by atoms with Crippen LogP contribution in [0.1, 0.15) is 24.8 Å². The first-order chi connectivity index (χ1) is 9.60. The van der Waals surface area contributed by atoms with Crippen molar-refractivity contribution in [1.82, 2.24) is 4.90 Å². The molecule has 0 atom stereocenters. The molecule has 3 amide bonds. The molecule has 1 saturated heterocycles. The number of carbonyl (C=O) groups excluding carboxylic acids is 3. The Hall–Kier alpha value is -2.21. The summed E-state index contributed by atoms with van der Waals surface area (Å²) < 4.78 is 0. The topological polar surface area (TPSA) is 86.7 Å². The van der Waals surface area contributed by atoms with Crippen LogP contribution in [0.2, 0.25) is 0 Å². The van der Waals surface area contributed by atoms with Crippen molar-refractivity contribution in [3.05, 3.63) is 29.8 Å². The number of aliphatic hydroxyl groups is 1. The smallest absolute Gasteiger partial charge is 0.229 e. The second-order valence-corrected chi connectivity index (χ2v) is 4.59. The molecule has 106 valence electrons. The van der Waals surface area contributed by atoms with E-state index in [1.54, 1.807) is 24.3 Å². The maximum absolute atomic E-state index is 11.7. The standard InChI is InChI=1S/C14H16N2O4/c17-9-10-1-3-11(4-2-10)15-12(18)7-8-16-13(19)5-6-14(16)20/h1-4,17H,5-9H2,(H,15,18). The van der Waals surface area contributed by atoms with E-state index in [9.17, 15) is 14.4 Å². The van der Waals surface area contributed by atoms with Crippen LogP contribution in [0.4, 0.5) is 5.69 Å². The lowest BCUT2D eigenvalue weighted by atomic mass is 10.2. The fourth-order valence-electron chi connectivity index (χ4n) is 2.00. The lowest BCUT2D eigenvalue weighted by molar-refractivity contribution is -0.138. The van der Waals surface area contributed by atoms with Crippen molar-refractivity contribution in [2.45, 2.75) is 25.9 Å². The summed E-state index contributed by atoms with van der Waals surface area (Å²) in [6, 6.07) is 6.80. The highest BCUT2D eigenvalue weighted by molar-refractivity contribution is 6.02. The van der Waals surface area contributed by atoms with Gasteiger partial charge in [0.1, 0.15) is 0 Å². The average molecular weight is 276 g/mol. The first-order valence-electron chi connectivity index (χ1n) is 6.43. The second kappa shape index (κ2) is 6.29. The number of amides is 3. The number of nitrogens with zero attached hydrogens (tertiary/aromatic N) is 1. The van der Waals surface area contributed by atoms with E-state index in [0.29, 0.717) is 5.69 Å². The van der Waals surface area contributed by atoms with Gasteiger partial charge in [0, 0.05) is 31.5 Å². The highest BCUT2D eigenvalue weighted by Gasteiger charge is 2.28. The van der Waals surface area contributed by atoms with Crippen LogP contribution in [-0.2, 0) is 21.0 Å². The molecule has 6 nitrogen and oxygen atoms in total. The summed E-state index contributed by atoms with van der Waals surface area (Å²) in [6.45, 7) is 0.0750. The summed E-state index contributed by atoms with van der Waals surface area (Å²) in [5.41, 5.74) is 1.38. The predicted octanol–water partition coefficient (Wildman–Crippen LogP) is 0.656. The normalized spacial score (nSPS) is 14.8. The van der Waals surface area contributed by atoms with Crippen molar-refractivity contribution >= 4 is 23.4 Å². The van der Waals surface area contributed by atoms with E-state index in [1.165, 1.54) is 0 Å². The van der Waals surface area contributed by atoms with Gasteiger partial charge in [-0.1, -0.05) is 12.1 Å². The molecular weight excluding hydrogens is 260 g/mol. The quantitative estimate of drug-likeness (QED) is 0.773. The molecule has 1 aromatic carbocycles. The van der Waals surface area contributed by atoms with Crippen molar-refractivity contribution in [3.8, 4) is 0 Å². The van der Waals surface area contributed by atoms with Crippen LogP contribution in [0.15, 0.2) is 24.3 Å². The Kier molecular flexibility index (Phi) is 4.47. The molecule has 1 aliphatic rings. The van der Waals surface area contributed by atoms with E-state index in [0.717, 1.165) is 10.5 Å². The van der Waals surface area contributed by atoms with E-state index in [1.807, 2.05) is 0 Å². The molecule has 1 aliphatic heterocycles. The van der Waals surface area contributed by atoms with Crippen molar-refractivity contribution in [2.75, 3.05) is 11.9 Å². The molecule has 1 fully saturated rings. The highest BCUT2D eigenvalue weighted by Crippen LogP contribution is 2.13. The van der Waals surface area contributed by atoms with Gasteiger partial charge in [-0.2, -0.15) is 0 Å². The van der Waals surface area contributed by atoms with E-state index in [4.69, 9.17) is 5.11 Å². The third kappa shape index (κ3) is 3.42. The van der Waals surface area contributed by atoms with Gasteiger partial charge in [0.2, 0.25) is 17.7 Å². The van der Waals surface area contributed by atoms with Gasteiger partial charge in [-0.25, -0.2) is 0 Å². The van der Waals surface area contributed by atoms with Gasteiger partial charge in [-0.15, -0.1) is 0 Å². The Bertz CT molecular complexity index is 508. The Morgan fingerprint density at radius 3 is 2.30 bits per heavy atom. The van der Waals surface area contributed by atoms with Crippen LogP contribution in [-0.4, -0.2) is 34.3 Å². The summed E-state index contributed by atoms with van der Waals surface area (Å²) in [4.78, 5) is 35.6. The van der Waals surface area contributed by atoms with Gasteiger partial charge in [-0.05, 0) is 17.7 Å². The van der Waals surface area contributed by atoms with Gasteiger partial charge < -0.3 is 10.4 Å². The molecule has 0 unspecified atom stereocenters. The maximum atomic E-state index is 11.7. The summed E-state index contributed by atoms with van der Waals surface area (Å²) >= 11 is 0. The minimum Gasteiger partial charge on any atom is -0.392 e. The molecule has 0 aliphatic carbocycles. The van der Waals surface area contributed by atoms with E-state index in [-0.39, 0.29) is 50.1 Å². The number of nitrogens with one attached hydrogen (secondary N) is 1. The Morgan fingerprint density at radius 1 is 1.15 bits per heavy atom. The highest BCUT2D eigenvalue weighted by atomic mass is 16.3. The number of benzene rings is 1. The first-order valence-corrected chi connectivity index (χ1v) is 6.43. The predicted molar refractivity (Wildman–Crippen MR) is 71.6 cm³/mol. The van der Waals surface area contributed by atoms with Crippen molar-refractivity contribution in [3.63, 3.8) is 0 Å². The first kappa shape index (κ1) is 14.2. The number of hydrogen-bond acceptors (Lipinski definition) is 4. The average Bonchev–Trinajstić information content (AvgIpc) is 2.77. The number of likely N-dealkylation sites (tertiary alicyclic amines) is 1. The number of anilines is 1. The lowest BCUT2D eigenvalue weighted by Crippen LogP contribution is -2.32. The Morgan fingerprint density at radius 2 is 1.75 bits per heavy atom. The zero-order chi connectivity index (χ0) is 14.5. The molecule has 2 N–H and O–H groups in total. The van der Waals surface area contributed by atoms with Gasteiger partial charge in [0.15, 0.2) is 0 Å². The maximum Gasteiger partial charge on any atom is 0.229 e. The molecule has 0 spiro atoms. The van der Waals surface area contributed by atoms with E-state index in [2.05, 4.69) is 5.32 Å². The van der Waals surface area contributed by atoms with Crippen LogP contribution < -0.4 is 5.32 Å². The largest absolute Gasteiger partial charge is 0.392 e. The number of hydrogen-bond donors (Lipinski definition) is 2. The summed E-state index contributed by atoms with van der Waals surface area (Å²) in [7, 11) is 0. The fourth-order valence-corrected chi connectivity index (χ4v) is 2.00. The SMILES string of the molecule is O=C(CCN1C(=O)CCC1=O)Nc1ccc(CO)cc1. The van der Waals surface area contributed by atoms with Gasteiger partial charge in [0.05, 0.1) is 6.61 Å². The van der Waals surface area contributed by atoms with E-state index < -0.39 is 0 Å². The Labute approximate surface area is 116 Å². The molecule has 0 bridgehead atoms.